The molecule has 4 unspecified atom stereocenters. The maximum Gasteiger partial charge on any atom is 0.472 e. The molecule has 7 atom stereocenters. The van der Waals surface area contributed by atoms with Gasteiger partial charge in [-0.25, -0.2) is 9.13 Å². The van der Waals surface area contributed by atoms with Crippen molar-refractivity contribution in [2.24, 2.45) is 17.8 Å². The Bertz CT molecular complexity index is 2010. The Morgan fingerprint density at radius 2 is 0.490 bits per heavy atom. The van der Waals surface area contributed by atoms with Crippen LogP contribution in [-0.2, 0) is 65.4 Å². The van der Waals surface area contributed by atoms with Gasteiger partial charge in [0.15, 0.2) is 12.2 Å². The van der Waals surface area contributed by atoms with Crippen LogP contribution in [-0.4, -0.2) is 96.7 Å². The summed E-state index contributed by atoms with van der Waals surface area (Å²) < 4.78 is 68.9. The number of carbonyl (C=O) groups is 4. The first-order chi connectivity index (χ1) is 50.3. The SMILES string of the molecule is CCCCCCCCCCCCCCCCCC(=O)OC[C@H](COP(=O)(O)OC[C@@H](O)COP(=O)(O)OC[C@@H](COC(=O)CCCCCCCCCCCCC(C)C)OC(=O)CCCCCCCCCCCCC(C)CC)OC(=O)CCCCCCCCCCCCCCCCCCCCC(C)CC. The van der Waals surface area contributed by atoms with Gasteiger partial charge in [0.25, 0.3) is 0 Å². The Morgan fingerprint density at radius 3 is 0.731 bits per heavy atom. The Balaban J connectivity index is 5.25. The minimum absolute atomic E-state index is 0.106. The van der Waals surface area contributed by atoms with Crippen molar-refractivity contribution in [2.75, 3.05) is 39.6 Å². The van der Waals surface area contributed by atoms with E-state index in [1.54, 1.807) is 0 Å². The predicted octanol–water partition coefficient (Wildman–Crippen LogP) is 25.7. The Labute approximate surface area is 638 Å². The van der Waals surface area contributed by atoms with Gasteiger partial charge in [0.1, 0.15) is 19.3 Å². The third-order valence-corrected chi connectivity index (χ3v) is 22.5. The average Bonchev–Trinajstić information content (AvgIpc) is 0.914. The first kappa shape index (κ1) is 102. The van der Waals surface area contributed by atoms with E-state index in [0.29, 0.717) is 25.7 Å². The second-order valence-corrected chi connectivity index (χ2v) is 34.4. The lowest BCUT2D eigenvalue weighted by atomic mass is 9.99. The topological polar surface area (TPSA) is 237 Å². The highest BCUT2D eigenvalue weighted by Crippen LogP contribution is 2.45. The molecule has 0 aliphatic heterocycles. The molecule has 3 N–H and O–H groups in total. The molecule has 19 heteroatoms. The molecule has 0 bridgehead atoms. The van der Waals surface area contributed by atoms with Gasteiger partial charge in [0.2, 0.25) is 0 Å². The Hall–Kier alpha value is -1.94. The number of aliphatic hydroxyl groups excluding tert-OH is 1. The number of rotatable bonds is 83. The molecular formula is C85H166O17P2. The molecule has 0 amide bonds. The molecule has 0 radical (unpaired) electrons. The summed E-state index contributed by atoms with van der Waals surface area (Å²) in [4.78, 5) is 73.2. The molecule has 0 aromatic heterocycles. The maximum atomic E-state index is 13.1. The summed E-state index contributed by atoms with van der Waals surface area (Å²) in [7, 11) is -9.93. The molecule has 0 aliphatic carbocycles. The van der Waals surface area contributed by atoms with E-state index in [4.69, 9.17) is 37.0 Å². The molecule has 0 fully saturated rings. The van der Waals surface area contributed by atoms with E-state index in [-0.39, 0.29) is 25.7 Å². The molecule has 0 aliphatic rings. The average molecular weight is 1520 g/mol. The van der Waals surface area contributed by atoms with Crippen molar-refractivity contribution in [3.05, 3.63) is 0 Å². The van der Waals surface area contributed by atoms with Crippen LogP contribution in [0.1, 0.15) is 447 Å². The molecule has 17 nitrogen and oxygen atoms in total. The van der Waals surface area contributed by atoms with Crippen LogP contribution in [0, 0.1) is 17.8 Å². The van der Waals surface area contributed by atoms with Gasteiger partial charge in [-0.1, -0.05) is 395 Å². The third kappa shape index (κ3) is 75.5. The van der Waals surface area contributed by atoms with Gasteiger partial charge in [-0.05, 0) is 43.4 Å². The molecule has 0 spiro atoms. The van der Waals surface area contributed by atoms with Crippen LogP contribution >= 0.6 is 15.6 Å². The number of esters is 4. The quantitative estimate of drug-likeness (QED) is 0.0222. The number of hydrogen-bond donors (Lipinski definition) is 3. The number of aliphatic hydroxyl groups is 1. The maximum absolute atomic E-state index is 13.1. The summed E-state index contributed by atoms with van der Waals surface area (Å²) in [6, 6.07) is 0. The lowest BCUT2D eigenvalue weighted by Crippen LogP contribution is -2.30. The molecule has 0 aromatic carbocycles. The predicted molar refractivity (Wildman–Crippen MR) is 428 cm³/mol. The van der Waals surface area contributed by atoms with Crippen LogP contribution in [0.5, 0.6) is 0 Å². The second-order valence-electron chi connectivity index (χ2n) is 31.5. The Kier molecular flexibility index (Phi) is 73.7. The number of carbonyl (C=O) groups excluding carboxylic acids is 4. The molecule has 0 rings (SSSR count). The van der Waals surface area contributed by atoms with Crippen LogP contribution in [0.15, 0.2) is 0 Å². The van der Waals surface area contributed by atoms with Crippen molar-refractivity contribution < 1.29 is 80.2 Å². The van der Waals surface area contributed by atoms with Crippen LogP contribution in [0.3, 0.4) is 0 Å². The molecule has 0 saturated carbocycles. The monoisotopic (exact) mass is 1520 g/mol. The minimum Gasteiger partial charge on any atom is -0.462 e. The zero-order valence-electron chi connectivity index (χ0n) is 68.5. The lowest BCUT2D eigenvalue weighted by Gasteiger charge is -2.21. The number of hydrogen-bond acceptors (Lipinski definition) is 15. The van der Waals surface area contributed by atoms with Gasteiger partial charge in [0.05, 0.1) is 26.4 Å². The van der Waals surface area contributed by atoms with Crippen LogP contribution in [0.25, 0.3) is 0 Å². The smallest absolute Gasteiger partial charge is 0.462 e. The van der Waals surface area contributed by atoms with Gasteiger partial charge < -0.3 is 33.8 Å². The first-order valence-electron chi connectivity index (χ1n) is 43.9. The number of phosphoric ester groups is 2. The van der Waals surface area contributed by atoms with Gasteiger partial charge in [-0.3, -0.25) is 37.3 Å². The van der Waals surface area contributed by atoms with Crippen molar-refractivity contribution in [1.29, 1.82) is 0 Å². The van der Waals surface area contributed by atoms with E-state index in [0.717, 1.165) is 108 Å². The van der Waals surface area contributed by atoms with E-state index in [2.05, 4.69) is 48.5 Å². The van der Waals surface area contributed by atoms with Gasteiger partial charge in [0, 0.05) is 25.7 Å². The van der Waals surface area contributed by atoms with E-state index < -0.39 is 97.5 Å². The second kappa shape index (κ2) is 75.1. The number of ether oxygens (including phenoxy) is 4. The fourth-order valence-corrected chi connectivity index (χ4v) is 14.7. The van der Waals surface area contributed by atoms with E-state index >= 15 is 0 Å². The fraction of sp³-hybridized carbons (Fsp3) is 0.953. The summed E-state index contributed by atoms with van der Waals surface area (Å²) in [6.45, 7) is 12.1. The van der Waals surface area contributed by atoms with Crippen molar-refractivity contribution in [3.8, 4) is 0 Å². The highest BCUT2D eigenvalue weighted by Gasteiger charge is 2.30. The summed E-state index contributed by atoms with van der Waals surface area (Å²) in [5.74, 6) is 0.328. The summed E-state index contributed by atoms with van der Waals surface area (Å²) in [6.07, 6.45) is 65.1. The number of phosphoric acid groups is 2. The molecular weight excluding hydrogens is 1350 g/mol. The van der Waals surface area contributed by atoms with E-state index in [9.17, 15) is 43.2 Å². The van der Waals surface area contributed by atoms with E-state index in [1.807, 2.05) is 0 Å². The third-order valence-electron chi connectivity index (χ3n) is 20.6. The van der Waals surface area contributed by atoms with Crippen molar-refractivity contribution in [1.82, 2.24) is 0 Å². The zero-order chi connectivity index (χ0) is 76.5. The van der Waals surface area contributed by atoms with Crippen molar-refractivity contribution in [2.45, 2.75) is 465 Å². The van der Waals surface area contributed by atoms with Gasteiger partial charge in [-0.2, -0.15) is 0 Å². The van der Waals surface area contributed by atoms with Crippen LogP contribution in [0.2, 0.25) is 0 Å². The van der Waals surface area contributed by atoms with Crippen molar-refractivity contribution in [3.63, 3.8) is 0 Å². The van der Waals surface area contributed by atoms with E-state index in [1.165, 1.54) is 257 Å². The van der Waals surface area contributed by atoms with Crippen LogP contribution in [0.4, 0.5) is 0 Å². The molecule has 618 valence electrons. The normalized spacial score (nSPS) is 14.4. The summed E-state index contributed by atoms with van der Waals surface area (Å²) in [5.41, 5.74) is 0. The van der Waals surface area contributed by atoms with Gasteiger partial charge in [-0.15, -0.1) is 0 Å². The van der Waals surface area contributed by atoms with Crippen molar-refractivity contribution >= 4 is 39.5 Å². The molecule has 0 aromatic rings. The van der Waals surface area contributed by atoms with Crippen LogP contribution < -0.4 is 0 Å². The fourth-order valence-electron chi connectivity index (χ4n) is 13.1. The first-order valence-corrected chi connectivity index (χ1v) is 46.9. The zero-order valence-corrected chi connectivity index (χ0v) is 70.3. The molecule has 104 heavy (non-hydrogen) atoms. The minimum atomic E-state index is -4.97. The standard InChI is InChI=1S/C85H166O17P2/c1-8-11-12-13-14-15-16-17-22-26-29-38-45-52-59-66-82(87)95-72-80(101-84(89)68-61-54-47-40-30-27-24-21-19-18-20-23-25-28-36-43-50-57-64-77(6)9-2)74-99-103(91,92)97-70-79(86)71-98-104(93,94)100-75-81(73-96-83(88)67-60-53-46-39-33-31-35-42-49-56-63-76(4)5)102-85(90)69-62-55-48-41-34-32-37-44-51-58-65-78(7)10-3/h76-81,86H,8-75H2,1-7H3,(H,91,92)(H,93,94)/t77?,78?,79-,80-,81-/m1/s1. The highest BCUT2D eigenvalue weighted by molar-refractivity contribution is 7.47. The molecule has 0 heterocycles. The highest BCUT2D eigenvalue weighted by atomic mass is 31.2. The summed E-state index contributed by atoms with van der Waals surface area (Å²) in [5, 5.41) is 10.7. The molecule has 0 saturated heterocycles. The Morgan fingerprint density at radius 1 is 0.279 bits per heavy atom. The lowest BCUT2D eigenvalue weighted by molar-refractivity contribution is -0.161. The number of unbranched alkanes of at least 4 members (excludes halogenated alkanes) is 49. The van der Waals surface area contributed by atoms with Gasteiger partial charge >= 0.3 is 39.5 Å². The largest absolute Gasteiger partial charge is 0.472 e. The summed E-state index contributed by atoms with van der Waals surface area (Å²) >= 11 is 0.